The SMILES string of the molecule is CCC(COC)NCc1cccnc1. The van der Waals surface area contributed by atoms with E-state index in [1.54, 1.807) is 13.3 Å². The van der Waals surface area contributed by atoms with Crippen LogP contribution in [0.3, 0.4) is 0 Å². The number of aromatic nitrogens is 1. The Labute approximate surface area is 85.5 Å². The van der Waals surface area contributed by atoms with Crippen LogP contribution in [0.25, 0.3) is 0 Å². The Morgan fingerprint density at radius 1 is 1.57 bits per heavy atom. The fourth-order valence-electron chi connectivity index (χ4n) is 1.29. The average Bonchev–Trinajstić information content (AvgIpc) is 2.25. The highest BCUT2D eigenvalue weighted by Gasteiger charge is 2.03. The van der Waals surface area contributed by atoms with Crippen LogP contribution < -0.4 is 5.32 Å². The summed E-state index contributed by atoms with van der Waals surface area (Å²) < 4.78 is 5.11. The minimum Gasteiger partial charge on any atom is -0.383 e. The maximum atomic E-state index is 5.11. The van der Waals surface area contributed by atoms with Gasteiger partial charge in [0.1, 0.15) is 0 Å². The van der Waals surface area contributed by atoms with Gasteiger partial charge in [-0.25, -0.2) is 0 Å². The zero-order valence-electron chi connectivity index (χ0n) is 8.86. The number of nitrogens with one attached hydrogen (secondary N) is 1. The Bertz CT molecular complexity index is 238. The highest BCUT2D eigenvalue weighted by molar-refractivity contribution is 5.07. The standard InChI is InChI=1S/C11H18N2O/c1-3-11(9-14-2)13-8-10-5-4-6-12-7-10/h4-7,11,13H,3,8-9H2,1-2H3. The summed E-state index contributed by atoms with van der Waals surface area (Å²) in [5.74, 6) is 0. The maximum Gasteiger partial charge on any atom is 0.0615 e. The monoisotopic (exact) mass is 194 g/mol. The van der Waals surface area contributed by atoms with Crippen molar-refractivity contribution in [2.75, 3.05) is 13.7 Å². The van der Waals surface area contributed by atoms with Crippen LogP contribution in [0, 0.1) is 0 Å². The van der Waals surface area contributed by atoms with Crippen LogP contribution in [0.15, 0.2) is 24.5 Å². The number of pyridine rings is 1. The smallest absolute Gasteiger partial charge is 0.0615 e. The Hall–Kier alpha value is -0.930. The highest BCUT2D eigenvalue weighted by atomic mass is 16.5. The first-order valence-electron chi connectivity index (χ1n) is 4.98. The molecular formula is C11H18N2O. The predicted octanol–water partition coefficient (Wildman–Crippen LogP) is 1.60. The van der Waals surface area contributed by atoms with Crippen molar-refractivity contribution in [2.45, 2.75) is 25.9 Å². The molecule has 78 valence electrons. The molecule has 0 aliphatic carbocycles. The molecule has 0 spiro atoms. The van der Waals surface area contributed by atoms with Gasteiger partial charge in [0.05, 0.1) is 6.61 Å². The van der Waals surface area contributed by atoms with E-state index in [-0.39, 0.29) is 0 Å². The van der Waals surface area contributed by atoms with E-state index in [1.165, 1.54) is 5.56 Å². The second kappa shape index (κ2) is 6.51. The lowest BCUT2D eigenvalue weighted by atomic mass is 10.2. The quantitative estimate of drug-likeness (QED) is 0.747. The van der Waals surface area contributed by atoms with E-state index in [1.807, 2.05) is 12.3 Å². The molecule has 0 bridgehead atoms. The third-order valence-electron chi connectivity index (χ3n) is 2.18. The van der Waals surface area contributed by atoms with Crippen LogP contribution in [-0.4, -0.2) is 24.7 Å². The van der Waals surface area contributed by atoms with Crippen LogP contribution in [0.2, 0.25) is 0 Å². The van der Waals surface area contributed by atoms with Gasteiger partial charge < -0.3 is 10.1 Å². The van der Waals surface area contributed by atoms with Crippen LogP contribution in [0.4, 0.5) is 0 Å². The molecule has 3 heteroatoms. The second-order valence-electron chi connectivity index (χ2n) is 3.30. The van der Waals surface area contributed by atoms with Crippen LogP contribution >= 0.6 is 0 Å². The van der Waals surface area contributed by atoms with Gasteiger partial charge in [0.2, 0.25) is 0 Å². The fourth-order valence-corrected chi connectivity index (χ4v) is 1.29. The predicted molar refractivity (Wildman–Crippen MR) is 57.0 cm³/mol. The zero-order valence-corrected chi connectivity index (χ0v) is 8.86. The average molecular weight is 194 g/mol. The molecule has 1 unspecified atom stereocenters. The van der Waals surface area contributed by atoms with Gasteiger partial charge in [-0.15, -0.1) is 0 Å². The molecule has 1 atom stereocenters. The molecule has 3 nitrogen and oxygen atoms in total. The molecule has 14 heavy (non-hydrogen) atoms. The summed E-state index contributed by atoms with van der Waals surface area (Å²) in [4.78, 5) is 4.06. The number of rotatable bonds is 6. The summed E-state index contributed by atoms with van der Waals surface area (Å²) in [6.07, 6.45) is 4.75. The van der Waals surface area contributed by atoms with E-state index >= 15 is 0 Å². The van der Waals surface area contributed by atoms with Crippen molar-refractivity contribution >= 4 is 0 Å². The molecule has 0 saturated heterocycles. The number of hydrogen-bond acceptors (Lipinski definition) is 3. The summed E-state index contributed by atoms with van der Waals surface area (Å²) >= 11 is 0. The van der Waals surface area contributed by atoms with Crippen LogP contribution in [-0.2, 0) is 11.3 Å². The summed E-state index contributed by atoms with van der Waals surface area (Å²) in [5.41, 5.74) is 1.21. The molecule has 0 radical (unpaired) electrons. The summed E-state index contributed by atoms with van der Waals surface area (Å²) in [6.45, 7) is 3.77. The van der Waals surface area contributed by atoms with Gasteiger partial charge in [-0.05, 0) is 18.1 Å². The van der Waals surface area contributed by atoms with Gasteiger partial charge in [0.25, 0.3) is 0 Å². The van der Waals surface area contributed by atoms with Crippen LogP contribution in [0.1, 0.15) is 18.9 Å². The molecule has 0 aliphatic rings. The number of nitrogens with zero attached hydrogens (tertiary/aromatic N) is 1. The number of ether oxygens (including phenoxy) is 1. The first kappa shape index (κ1) is 11.1. The van der Waals surface area contributed by atoms with E-state index in [4.69, 9.17) is 4.74 Å². The molecule has 1 aromatic heterocycles. The lowest BCUT2D eigenvalue weighted by Crippen LogP contribution is -2.31. The summed E-state index contributed by atoms with van der Waals surface area (Å²) in [6, 6.07) is 4.45. The first-order chi connectivity index (χ1) is 6.86. The highest BCUT2D eigenvalue weighted by Crippen LogP contribution is 1.98. The van der Waals surface area contributed by atoms with Gasteiger partial charge in [-0.2, -0.15) is 0 Å². The Morgan fingerprint density at radius 2 is 2.43 bits per heavy atom. The fraction of sp³-hybridized carbons (Fsp3) is 0.545. The van der Waals surface area contributed by atoms with Crippen molar-refractivity contribution in [1.29, 1.82) is 0 Å². The molecule has 0 aromatic carbocycles. The normalized spacial score (nSPS) is 12.7. The number of hydrogen-bond donors (Lipinski definition) is 1. The third-order valence-corrected chi connectivity index (χ3v) is 2.18. The van der Waals surface area contributed by atoms with Gasteiger partial charge >= 0.3 is 0 Å². The lowest BCUT2D eigenvalue weighted by Gasteiger charge is -2.15. The van der Waals surface area contributed by atoms with Gasteiger partial charge in [0.15, 0.2) is 0 Å². The topological polar surface area (TPSA) is 34.1 Å². The molecule has 1 N–H and O–H groups in total. The van der Waals surface area contributed by atoms with E-state index in [9.17, 15) is 0 Å². The van der Waals surface area contributed by atoms with Crippen molar-refractivity contribution in [2.24, 2.45) is 0 Å². The minimum absolute atomic E-state index is 0.431. The Balaban J connectivity index is 2.32. The summed E-state index contributed by atoms with van der Waals surface area (Å²) in [5, 5.41) is 3.42. The Kier molecular flexibility index (Phi) is 5.19. The van der Waals surface area contributed by atoms with Crippen molar-refractivity contribution in [3.63, 3.8) is 0 Å². The molecule has 0 aliphatic heterocycles. The molecule has 1 heterocycles. The van der Waals surface area contributed by atoms with Crippen molar-refractivity contribution in [1.82, 2.24) is 10.3 Å². The Morgan fingerprint density at radius 3 is 3.00 bits per heavy atom. The maximum absolute atomic E-state index is 5.11. The van der Waals surface area contributed by atoms with Crippen LogP contribution in [0.5, 0.6) is 0 Å². The number of methoxy groups -OCH3 is 1. The zero-order chi connectivity index (χ0) is 10.2. The van der Waals surface area contributed by atoms with Gasteiger partial charge in [-0.1, -0.05) is 13.0 Å². The van der Waals surface area contributed by atoms with E-state index in [0.717, 1.165) is 19.6 Å². The van der Waals surface area contributed by atoms with E-state index in [2.05, 4.69) is 23.3 Å². The van der Waals surface area contributed by atoms with Crippen molar-refractivity contribution in [3.8, 4) is 0 Å². The molecule has 0 saturated carbocycles. The second-order valence-corrected chi connectivity index (χ2v) is 3.30. The van der Waals surface area contributed by atoms with Crippen molar-refractivity contribution in [3.05, 3.63) is 30.1 Å². The molecule has 0 amide bonds. The minimum atomic E-state index is 0.431. The molecule has 1 aromatic rings. The van der Waals surface area contributed by atoms with Gasteiger partial charge in [-0.3, -0.25) is 4.98 Å². The van der Waals surface area contributed by atoms with Crippen molar-refractivity contribution < 1.29 is 4.74 Å². The molecule has 0 fully saturated rings. The molecule has 1 rings (SSSR count). The van der Waals surface area contributed by atoms with E-state index in [0.29, 0.717) is 6.04 Å². The molecular weight excluding hydrogens is 176 g/mol. The van der Waals surface area contributed by atoms with E-state index < -0.39 is 0 Å². The first-order valence-corrected chi connectivity index (χ1v) is 4.98. The largest absolute Gasteiger partial charge is 0.383 e. The third kappa shape index (κ3) is 3.85. The lowest BCUT2D eigenvalue weighted by molar-refractivity contribution is 0.164. The summed E-state index contributed by atoms with van der Waals surface area (Å²) in [7, 11) is 1.73. The van der Waals surface area contributed by atoms with Gasteiger partial charge in [0, 0.05) is 32.1 Å².